The van der Waals surface area contributed by atoms with Crippen LogP contribution in [0.2, 0.25) is 0 Å². The fourth-order valence-corrected chi connectivity index (χ4v) is 6.24. The molecule has 0 fully saturated rings. The maximum atomic E-state index is 13.3. The molecule has 0 radical (unpaired) electrons. The Labute approximate surface area is 193 Å². The Morgan fingerprint density at radius 2 is 2.06 bits per heavy atom. The first-order valence-corrected chi connectivity index (χ1v) is 12.4. The van der Waals surface area contributed by atoms with Gasteiger partial charge in [0.2, 0.25) is 5.91 Å². The first-order chi connectivity index (χ1) is 15.5. The van der Waals surface area contributed by atoms with Crippen LogP contribution in [-0.4, -0.2) is 27.8 Å². The number of fused-ring (bicyclic) bond motifs is 3. The molecule has 0 N–H and O–H groups in total. The van der Waals surface area contributed by atoms with Crippen molar-refractivity contribution in [2.24, 2.45) is 0 Å². The fourth-order valence-electron chi connectivity index (χ4n) is 3.99. The lowest BCUT2D eigenvalue weighted by molar-refractivity contribution is -0.116. The average Bonchev–Trinajstić information content (AvgIpc) is 3.17. The van der Waals surface area contributed by atoms with E-state index in [0.29, 0.717) is 17.4 Å². The molecule has 166 valence electrons. The summed E-state index contributed by atoms with van der Waals surface area (Å²) in [6.07, 6.45) is 4.32. The number of aryl methyl sites for hydroxylation is 2. The molecule has 0 aliphatic heterocycles. The summed E-state index contributed by atoms with van der Waals surface area (Å²) in [6, 6.07) is 7.68. The van der Waals surface area contributed by atoms with E-state index in [1.165, 1.54) is 45.8 Å². The fraction of sp³-hybridized carbons (Fsp3) is 0.391. The molecule has 0 spiro atoms. The summed E-state index contributed by atoms with van der Waals surface area (Å²) < 4.78 is 14.9. The number of thioether (sulfide) groups is 1. The molecule has 9 heteroatoms. The molecule has 0 saturated heterocycles. The SMILES string of the molecule is CCn1c(SCC(=O)N(CCC#N)c2ccc(F)cc2)nc2sc3c(c2c1=O)CCCC3. The molecule has 2 aromatic heterocycles. The summed E-state index contributed by atoms with van der Waals surface area (Å²) in [4.78, 5) is 34.5. The largest absolute Gasteiger partial charge is 0.311 e. The van der Waals surface area contributed by atoms with Gasteiger partial charge in [0.15, 0.2) is 5.16 Å². The van der Waals surface area contributed by atoms with Crippen molar-refractivity contribution in [3.05, 3.63) is 50.9 Å². The summed E-state index contributed by atoms with van der Waals surface area (Å²) in [5.74, 6) is -0.551. The molecule has 1 aliphatic carbocycles. The zero-order chi connectivity index (χ0) is 22.7. The number of nitriles is 1. The highest BCUT2D eigenvalue weighted by molar-refractivity contribution is 7.99. The Balaban J connectivity index is 1.61. The molecular weight excluding hydrogens is 447 g/mol. The van der Waals surface area contributed by atoms with Gasteiger partial charge in [-0.25, -0.2) is 9.37 Å². The van der Waals surface area contributed by atoms with Crippen LogP contribution in [-0.2, 0) is 24.2 Å². The Morgan fingerprint density at radius 3 is 2.78 bits per heavy atom. The molecular formula is C23H23FN4O2S2. The molecule has 1 amide bonds. The smallest absolute Gasteiger partial charge is 0.263 e. The molecule has 6 nitrogen and oxygen atoms in total. The number of amides is 1. The standard InChI is InChI=1S/C23H23FN4O2S2/c1-2-27-22(30)20-17-6-3-4-7-18(17)32-21(20)26-23(27)31-14-19(29)28(13-5-12-25)16-10-8-15(24)9-11-16/h8-11H,2-7,13-14H2,1H3. The van der Waals surface area contributed by atoms with E-state index in [9.17, 15) is 14.0 Å². The highest BCUT2D eigenvalue weighted by atomic mass is 32.2. The van der Waals surface area contributed by atoms with Crippen molar-refractivity contribution in [1.82, 2.24) is 9.55 Å². The van der Waals surface area contributed by atoms with Crippen LogP contribution in [0.1, 0.15) is 36.6 Å². The van der Waals surface area contributed by atoms with Gasteiger partial charge in [0.1, 0.15) is 10.6 Å². The van der Waals surface area contributed by atoms with E-state index in [4.69, 9.17) is 10.2 Å². The minimum Gasteiger partial charge on any atom is -0.311 e. The lowest BCUT2D eigenvalue weighted by atomic mass is 9.97. The van der Waals surface area contributed by atoms with E-state index in [1.807, 2.05) is 13.0 Å². The van der Waals surface area contributed by atoms with Crippen molar-refractivity contribution in [2.75, 3.05) is 17.2 Å². The summed E-state index contributed by atoms with van der Waals surface area (Å²) in [5, 5.41) is 10.2. The number of aromatic nitrogens is 2. The number of nitrogens with zero attached hydrogens (tertiary/aromatic N) is 4. The van der Waals surface area contributed by atoms with E-state index in [2.05, 4.69) is 0 Å². The van der Waals surface area contributed by atoms with Crippen LogP contribution in [0.25, 0.3) is 10.2 Å². The van der Waals surface area contributed by atoms with Crippen molar-refractivity contribution in [1.29, 1.82) is 5.26 Å². The van der Waals surface area contributed by atoms with Gasteiger partial charge in [-0.2, -0.15) is 5.26 Å². The minimum absolute atomic E-state index is 0.0354. The van der Waals surface area contributed by atoms with Crippen LogP contribution in [0.4, 0.5) is 10.1 Å². The number of anilines is 1. The van der Waals surface area contributed by atoms with Gasteiger partial charge >= 0.3 is 0 Å². The Kier molecular flexibility index (Phi) is 6.92. The lowest BCUT2D eigenvalue weighted by Crippen LogP contribution is -2.33. The molecule has 4 rings (SSSR count). The summed E-state index contributed by atoms with van der Waals surface area (Å²) >= 11 is 2.82. The monoisotopic (exact) mass is 470 g/mol. The van der Waals surface area contributed by atoms with E-state index < -0.39 is 0 Å². The summed E-state index contributed by atoms with van der Waals surface area (Å²) in [5.41, 5.74) is 1.66. The molecule has 0 unspecified atom stereocenters. The second-order valence-corrected chi connectivity index (χ2v) is 9.58. The van der Waals surface area contributed by atoms with Crippen molar-refractivity contribution in [3.63, 3.8) is 0 Å². The van der Waals surface area contributed by atoms with Gasteiger partial charge in [0.05, 0.1) is 23.6 Å². The Morgan fingerprint density at radius 1 is 1.31 bits per heavy atom. The third kappa shape index (κ3) is 4.43. The quantitative estimate of drug-likeness (QED) is 0.374. The van der Waals surface area contributed by atoms with Gasteiger partial charge in [0.25, 0.3) is 5.56 Å². The second-order valence-electron chi connectivity index (χ2n) is 7.55. The van der Waals surface area contributed by atoms with Gasteiger partial charge in [-0.1, -0.05) is 11.8 Å². The normalized spacial score (nSPS) is 13.0. The molecule has 0 atom stereocenters. The van der Waals surface area contributed by atoms with Crippen molar-refractivity contribution in [2.45, 2.75) is 50.7 Å². The maximum absolute atomic E-state index is 13.3. The predicted octanol–water partition coefficient (Wildman–Crippen LogP) is 4.53. The highest BCUT2D eigenvalue weighted by Crippen LogP contribution is 2.34. The lowest BCUT2D eigenvalue weighted by Gasteiger charge is -2.22. The number of carbonyl (C=O) groups excluding carboxylic acids is 1. The number of hydrogen-bond donors (Lipinski definition) is 0. The van der Waals surface area contributed by atoms with Crippen molar-refractivity contribution >= 4 is 44.9 Å². The predicted molar refractivity (Wildman–Crippen MR) is 126 cm³/mol. The maximum Gasteiger partial charge on any atom is 0.263 e. The zero-order valence-electron chi connectivity index (χ0n) is 17.8. The molecule has 3 aromatic rings. The Bertz CT molecular complexity index is 1240. The number of hydrogen-bond acceptors (Lipinski definition) is 6. The van der Waals surface area contributed by atoms with Crippen LogP contribution in [0, 0.1) is 17.1 Å². The van der Waals surface area contributed by atoms with Crippen LogP contribution in [0.15, 0.2) is 34.2 Å². The van der Waals surface area contributed by atoms with Crippen LogP contribution >= 0.6 is 23.1 Å². The van der Waals surface area contributed by atoms with Crippen molar-refractivity contribution < 1.29 is 9.18 Å². The van der Waals surface area contributed by atoms with Gasteiger partial charge in [-0.3, -0.25) is 14.2 Å². The number of benzene rings is 1. The Hall–Kier alpha value is -2.70. The van der Waals surface area contributed by atoms with E-state index in [0.717, 1.165) is 41.5 Å². The van der Waals surface area contributed by atoms with Crippen LogP contribution in [0.3, 0.4) is 0 Å². The summed E-state index contributed by atoms with van der Waals surface area (Å²) in [6.45, 7) is 2.59. The zero-order valence-corrected chi connectivity index (χ0v) is 19.4. The molecule has 1 aromatic carbocycles. The first-order valence-electron chi connectivity index (χ1n) is 10.6. The minimum atomic E-state index is -0.390. The topological polar surface area (TPSA) is 79.0 Å². The number of thiophene rings is 1. The van der Waals surface area contributed by atoms with Gasteiger partial charge in [-0.15, -0.1) is 11.3 Å². The third-order valence-corrected chi connectivity index (χ3v) is 7.71. The van der Waals surface area contributed by atoms with Crippen LogP contribution < -0.4 is 10.5 Å². The molecule has 0 saturated carbocycles. The molecule has 0 bridgehead atoms. The van der Waals surface area contributed by atoms with Gasteiger partial charge < -0.3 is 4.90 Å². The third-order valence-electron chi connectivity index (χ3n) is 5.57. The average molecular weight is 471 g/mol. The molecule has 2 heterocycles. The van der Waals surface area contributed by atoms with E-state index in [-0.39, 0.29) is 36.0 Å². The van der Waals surface area contributed by atoms with E-state index in [1.54, 1.807) is 15.9 Å². The number of rotatable bonds is 7. The first kappa shape index (κ1) is 22.5. The van der Waals surface area contributed by atoms with Gasteiger partial charge in [0, 0.05) is 23.7 Å². The molecule has 32 heavy (non-hydrogen) atoms. The second kappa shape index (κ2) is 9.84. The highest BCUT2D eigenvalue weighted by Gasteiger charge is 2.23. The van der Waals surface area contributed by atoms with E-state index >= 15 is 0 Å². The molecule has 1 aliphatic rings. The summed E-state index contributed by atoms with van der Waals surface area (Å²) in [7, 11) is 0. The van der Waals surface area contributed by atoms with Gasteiger partial charge in [-0.05, 0) is 62.4 Å². The van der Waals surface area contributed by atoms with Crippen molar-refractivity contribution in [3.8, 4) is 6.07 Å². The number of carbonyl (C=O) groups is 1. The van der Waals surface area contributed by atoms with Crippen LogP contribution in [0.5, 0.6) is 0 Å². The number of halogens is 1.